The first kappa shape index (κ1) is 19.9. The van der Waals surface area contributed by atoms with Gasteiger partial charge in [0.25, 0.3) is 5.91 Å². The molecule has 1 aliphatic rings. The van der Waals surface area contributed by atoms with Gasteiger partial charge in [-0.25, -0.2) is 18.2 Å². The van der Waals surface area contributed by atoms with Crippen LogP contribution in [0.25, 0.3) is 11.4 Å². The highest BCUT2D eigenvalue weighted by Gasteiger charge is 2.27. The molecule has 0 radical (unpaired) electrons. The van der Waals surface area contributed by atoms with Gasteiger partial charge in [-0.3, -0.25) is 9.59 Å². The number of nitrogens with zero attached hydrogens (tertiary/aromatic N) is 3. The molecule has 150 valence electrons. The molecule has 2 N–H and O–H groups in total. The fraction of sp³-hybridized carbons (Fsp3) is 0.389. The Morgan fingerprint density at radius 2 is 1.86 bits per heavy atom. The molecule has 0 saturated carbocycles. The predicted octanol–water partition coefficient (Wildman–Crippen LogP) is 1.28. The summed E-state index contributed by atoms with van der Waals surface area (Å²) in [5, 5.41) is 4.85. The van der Waals surface area contributed by atoms with Crippen molar-refractivity contribution in [3.05, 3.63) is 41.0 Å². The number of benzene rings is 1. The third-order valence-corrected chi connectivity index (χ3v) is 4.57. The maximum absolute atomic E-state index is 14.4. The van der Waals surface area contributed by atoms with E-state index >= 15 is 0 Å². The summed E-state index contributed by atoms with van der Waals surface area (Å²) in [6, 6.07) is 1.20. The minimum atomic E-state index is -1.30. The molecule has 2 heterocycles. The van der Waals surface area contributed by atoms with Crippen molar-refractivity contribution >= 4 is 11.8 Å². The van der Waals surface area contributed by atoms with Gasteiger partial charge in [0.1, 0.15) is 11.6 Å². The van der Waals surface area contributed by atoms with Crippen molar-refractivity contribution in [3.8, 4) is 11.4 Å². The molecule has 0 fully saturated rings. The van der Waals surface area contributed by atoms with Crippen molar-refractivity contribution in [3.63, 3.8) is 0 Å². The highest BCUT2D eigenvalue weighted by Crippen LogP contribution is 2.29. The largest absolute Gasteiger partial charge is 0.358 e. The second-order valence-corrected chi connectivity index (χ2v) is 6.58. The molecule has 1 aromatic heterocycles. The first-order valence-corrected chi connectivity index (χ1v) is 8.73. The second-order valence-electron chi connectivity index (χ2n) is 6.58. The van der Waals surface area contributed by atoms with Crippen molar-refractivity contribution < 1.29 is 22.8 Å². The molecular weight excluding hydrogens is 375 g/mol. The molecule has 7 nitrogen and oxygen atoms in total. The number of amides is 2. The maximum atomic E-state index is 14.4. The van der Waals surface area contributed by atoms with Gasteiger partial charge in [0.05, 0.1) is 17.8 Å². The van der Waals surface area contributed by atoms with E-state index in [1.54, 1.807) is 4.57 Å². The van der Waals surface area contributed by atoms with Gasteiger partial charge in [0.2, 0.25) is 5.91 Å². The van der Waals surface area contributed by atoms with Crippen LogP contribution < -0.4 is 10.6 Å². The molecular formula is C18H20F3N5O2. The lowest BCUT2D eigenvalue weighted by molar-refractivity contribution is -0.119. The molecule has 1 aromatic carbocycles. The zero-order valence-corrected chi connectivity index (χ0v) is 15.5. The van der Waals surface area contributed by atoms with Crippen LogP contribution in [0.15, 0.2) is 12.1 Å². The lowest BCUT2D eigenvalue weighted by Gasteiger charge is -2.13. The normalized spacial score (nSPS) is 14.3. The van der Waals surface area contributed by atoms with E-state index in [2.05, 4.69) is 15.6 Å². The SMILES string of the molecule is CNC(=O)CNC(=O)c1nc(-c2cc(F)c(F)cc2F)n2c1CN(C)CCC2. The summed E-state index contributed by atoms with van der Waals surface area (Å²) in [5.41, 5.74) is 0.320. The van der Waals surface area contributed by atoms with Gasteiger partial charge in [-0.05, 0) is 26.1 Å². The number of imidazole rings is 1. The number of hydrogen-bond acceptors (Lipinski definition) is 4. The lowest BCUT2D eigenvalue weighted by atomic mass is 10.2. The van der Waals surface area contributed by atoms with Crippen molar-refractivity contribution in [1.29, 1.82) is 0 Å². The first-order chi connectivity index (χ1) is 13.3. The third-order valence-electron chi connectivity index (χ3n) is 4.57. The summed E-state index contributed by atoms with van der Waals surface area (Å²) in [6.45, 7) is 1.29. The lowest BCUT2D eigenvalue weighted by Crippen LogP contribution is -2.36. The average molecular weight is 395 g/mol. The van der Waals surface area contributed by atoms with E-state index in [9.17, 15) is 22.8 Å². The van der Waals surface area contributed by atoms with E-state index in [1.165, 1.54) is 7.05 Å². The second kappa shape index (κ2) is 8.01. The minimum absolute atomic E-state index is 0.0248. The number of hydrogen-bond donors (Lipinski definition) is 2. The smallest absolute Gasteiger partial charge is 0.272 e. The minimum Gasteiger partial charge on any atom is -0.358 e. The van der Waals surface area contributed by atoms with Crippen LogP contribution in [0.5, 0.6) is 0 Å². The van der Waals surface area contributed by atoms with Gasteiger partial charge in [0, 0.05) is 26.2 Å². The van der Waals surface area contributed by atoms with Crippen molar-refractivity contribution in [1.82, 2.24) is 25.1 Å². The van der Waals surface area contributed by atoms with Gasteiger partial charge < -0.3 is 20.1 Å². The van der Waals surface area contributed by atoms with Crippen molar-refractivity contribution in [2.45, 2.75) is 19.5 Å². The zero-order valence-electron chi connectivity index (χ0n) is 15.5. The first-order valence-electron chi connectivity index (χ1n) is 8.73. The Morgan fingerprint density at radius 3 is 2.57 bits per heavy atom. The molecule has 28 heavy (non-hydrogen) atoms. The van der Waals surface area contributed by atoms with E-state index in [-0.39, 0.29) is 29.5 Å². The standard InChI is InChI=1S/C18H20F3N5O2/c1-22-15(27)8-23-18(28)16-14-9-25(2)4-3-5-26(14)17(24-16)10-6-12(20)13(21)7-11(10)19/h6-7H,3-5,8-9H2,1-2H3,(H,22,27)(H,23,28). The number of likely N-dealkylation sites (N-methyl/N-ethyl adjacent to an activating group) is 1. The Kier molecular flexibility index (Phi) is 5.68. The molecule has 0 atom stereocenters. The van der Waals surface area contributed by atoms with E-state index in [1.807, 2.05) is 11.9 Å². The van der Waals surface area contributed by atoms with E-state index in [0.29, 0.717) is 31.3 Å². The van der Waals surface area contributed by atoms with Crippen LogP contribution in [-0.4, -0.2) is 53.5 Å². The Balaban J connectivity index is 2.08. The number of carbonyl (C=O) groups is 2. The van der Waals surface area contributed by atoms with Crippen LogP contribution in [0.2, 0.25) is 0 Å². The monoisotopic (exact) mass is 395 g/mol. The third kappa shape index (κ3) is 3.86. The van der Waals surface area contributed by atoms with Crippen molar-refractivity contribution in [2.75, 3.05) is 27.2 Å². The Bertz CT molecular complexity index is 928. The van der Waals surface area contributed by atoms with Crippen LogP contribution in [0.3, 0.4) is 0 Å². The average Bonchev–Trinajstić information content (AvgIpc) is 2.88. The predicted molar refractivity (Wildman–Crippen MR) is 94.9 cm³/mol. The molecule has 0 saturated heterocycles. The van der Waals surface area contributed by atoms with E-state index < -0.39 is 23.4 Å². The van der Waals surface area contributed by atoms with Gasteiger partial charge >= 0.3 is 0 Å². The number of fused-ring (bicyclic) bond motifs is 1. The van der Waals surface area contributed by atoms with E-state index in [4.69, 9.17) is 0 Å². The fourth-order valence-corrected chi connectivity index (χ4v) is 3.14. The van der Waals surface area contributed by atoms with Crippen LogP contribution >= 0.6 is 0 Å². The van der Waals surface area contributed by atoms with Gasteiger partial charge in [-0.2, -0.15) is 0 Å². The van der Waals surface area contributed by atoms with Crippen LogP contribution in [0, 0.1) is 17.5 Å². The highest BCUT2D eigenvalue weighted by molar-refractivity contribution is 5.96. The summed E-state index contributed by atoms with van der Waals surface area (Å²) in [6.07, 6.45) is 0.706. The molecule has 2 aromatic rings. The molecule has 2 amide bonds. The molecule has 1 aliphatic heterocycles. The van der Waals surface area contributed by atoms with Gasteiger partial charge in [0.15, 0.2) is 17.3 Å². The molecule has 3 rings (SSSR count). The number of rotatable bonds is 4. The van der Waals surface area contributed by atoms with Crippen molar-refractivity contribution in [2.24, 2.45) is 0 Å². The molecule has 0 aliphatic carbocycles. The molecule has 0 bridgehead atoms. The fourth-order valence-electron chi connectivity index (χ4n) is 3.14. The van der Waals surface area contributed by atoms with Crippen LogP contribution in [0.1, 0.15) is 22.6 Å². The highest BCUT2D eigenvalue weighted by atomic mass is 19.2. The summed E-state index contributed by atoms with van der Waals surface area (Å²) in [7, 11) is 3.31. The Hall–Kier alpha value is -2.88. The van der Waals surface area contributed by atoms with Gasteiger partial charge in [-0.15, -0.1) is 0 Å². The van der Waals surface area contributed by atoms with Gasteiger partial charge in [-0.1, -0.05) is 0 Å². The zero-order chi connectivity index (χ0) is 20.4. The van der Waals surface area contributed by atoms with E-state index in [0.717, 1.165) is 12.6 Å². The summed E-state index contributed by atoms with van der Waals surface area (Å²) in [4.78, 5) is 30.2. The number of aromatic nitrogens is 2. The summed E-state index contributed by atoms with van der Waals surface area (Å²) >= 11 is 0. The van der Waals surface area contributed by atoms with Crippen LogP contribution in [0.4, 0.5) is 13.2 Å². The number of carbonyl (C=O) groups excluding carboxylic acids is 2. The maximum Gasteiger partial charge on any atom is 0.272 e. The van der Waals surface area contributed by atoms with Crippen LogP contribution in [-0.2, 0) is 17.9 Å². The number of nitrogens with one attached hydrogen (secondary N) is 2. The summed E-state index contributed by atoms with van der Waals surface area (Å²) < 4.78 is 43.0. The Morgan fingerprint density at radius 1 is 1.14 bits per heavy atom. The quantitative estimate of drug-likeness (QED) is 0.765. The molecule has 0 spiro atoms. The summed E-state index contributed by atoms with van der Waals surface area (Å²) in [5.74, 6) is -4.41. The topological polar surface area (TPSA) is 79.3 Å². The number of halogens is 3. The molecule has 10 heteroatoms. The Labute approximate surface area is 159 Å². The molecule has 0 unspecified atom stereocenters.